The fraction of sp³-hybridized carbons (Fsp3) is 0.353. The molecule has 2 heterocycles. The van der Waals surface area contributed by atoms with Crippen LogP contribution in [0.25, 0.3) is 5.78 Å². The fourth-order valence-corrected chi connectivity index (χ4v) is 2.50. The van der Waals surface area contributed by atoms with Gasteiger partial charge in [-0.1, -0.05) is 45.0 Å². The van der Waals surface area contributed by atoms with Gasteiger partial charge in [0.25, 0.3) is 5.78 Å². The predicted molar refractivity (Wildman–Crippen MR) is 85.1 cm³/mol. The summed E-state index contributed by atoms with van der Waals surface area (Å²) in [5, 5.41) is 14.4. The number of hydrogen-bond donors (Lipinski definition) is 1. The van der Waals surface area contributed by atoms with Crippen LogP contribution in [0.15, 0.2) is 30.6 Å². The second kappa shape index (κ2) is 5.09. The number of fused-ring (bicyclic) bond motifs is 1. The van der Waals surface area contributed by atoms with Gasteiger partial charge in [-0.25, -0.2) is 4.98 Å². The quantitative estimate of drug-likeness (QED) is 0.789. The van der Waals surface area contributed by atoms with E-state index in [0.717, 1.165) is 16.8 Å². The minimum atomic E-state index is 0.111. The third-order valence-electron chi connectivity index (χ3n) is 3.91. The second-order valence-corrected chi connectivity index (χ2v) is 6.59. The van der Waals surface area contributed by atoms with Crippen LogP contribution in [0.1, 0.15) is 43.2 Å². The van der Waals surface area contributed by atoms with Gasteiger partial charge in [-0.15, -0.1) is 0 Å². The van der Waals surface area contributed by atoms with Gasteiger partial charge in [0.2, 0.25) is 5.88 Å². The van der Waals surface area contributed by atoms with Crippen molar-refractivity contribution in [2.75, 3.05) is 0 Å². The molecular weight excluding hydrogens is 276 g/mol. The lowest BCUT2D eigenvalue weighted by Gasteiger charge is -2.19. The summed E-state index contributed by atoms with van der Waals surface area (Å²) in [5.74, 6) is 0.529. The van der Waals surface area contributed by atoms with E-state index < -0.39 is 0 Å². The van der Waals surface area contributed by atoms with Crippen LogP contribution in [0, 0.1) is 6.92 Å². The molecule has 0 amide bonds. The Bertz CT molecular complexity index is 813. The van der Waals surface area contributed by atoms with Crippen molar-refractivity contribution in [3.8, 4) is 5.88 Å². The summed E-state index contributed by atoms with van der Waals surface area (Å²) in [6.07, 6.45) is 2.01. The SMILES string of the molecule is Cc1nc2ncnn2c(O)c1Cc1ccc(C(C)(C)C)cc1. The normalized spacial score (nSPS) is 12.0. The first-order chi connectivity index (χ1) is 10.4. The highest BCUT2D eigenvalue weighted by atomic mass is 16.3. The lowest BCUT2D eigenvalue weighted by atomic mass is 9.86. The molecule has 0 aliphatic heterocycles. The molecule has 0 spiro atoms. The van der Waals surface area contributed by atoms with Gasteiger partial charge in [-0.2, -0.15) is 14.6 Å². The highest BCUT2D eigenvalue weighted by Crippen LogP contribution is 2.26. The van der Waals surface area contributed by atoms with Crippen molar-refractivity contribution < 1.29 is 5.11 Å². The van der Waals surface area contributed by atoms with Gasteiger partial charge in [0.15, 0.2) is 0 Å². The Morgan fingerprint density at radius 2 is 1.82 bits per heavy atom. The van der Waals surface area contributed by atoms with Crippen molar-refractivity contribution in [1.29, 1.82) is 0 Å². The highest BCUT2D eigenvalue weighted by Gasteiger charge is 2.16. The van der Waals surface area contributed by atoms with Gasteiger partial charge in [0, 0.05) is 12.0 Å². The molecule has 0 saturated carbocycles. The summed E-state index contributed by atoms with van der Waals surface area (Å²) in [6, 6.07) is 8.49. The smallest absolute Gasteiger partial charge is 0.255 e. The molecule has 2 aromatic heterocycles. The number of hydrogen-bond acceptors (Lipinski definition) is 4. The zero-order valence-electron chi connectivity index (χ0n) is 13.3. The van der Waals surface area contributed by atoms with Crippen molar-refractivity contribution in [2.45, 2.75) is 39.5 Å². The highest BCUT2D eigenvalue weighted by molar-refractivity contribution is 5.42. The zero-order valence-corrected chi connectivity index (χ0v) is 13.3. The van der Waals surface area contributed by atoms with E-state index in [1.54, 1.807) is 0 Å². The Labute approximate surface area is 129 Å². The molecule has 0 unspecified atom stereocenters. The molecule has 3 aromatic rings. The van der Waals surface area contributed by atoms with E-state index in [0.29, 0.717) is 12.2 Å². The molecule has 0 aliphatic rings. The Balaban J connectivity index is 1.96. The van der Waals surface area contributed by atoms with Gasteiger partial charge >= 0.3 is 0 Å². The molecule has 5 nitrogen and oxygen atoms in total. The summed E-state index contributed by atoms with van der Waals surface area (Å²) in [6.45, 7) is 8.47. The maximum Gasteiger partial charge on any atom is 0.255 e. The van der Waals surface area contributed by atoms with Crippen LogP contribution in [0.5, 0.6) is 5.88 Å². The standard InChI is InChI=1S/C17H20N4O/c1-11-14(15(22)21-16(20-11)18-10-19-21)9-12-5-7-13(8-6-12)17(2,3)4/h5-8,10,22H,9H2,1-4H3. The number of aromatic hydroxyl groups is 1. The van der Waals surface area contributed by atoms with Crippen LogP contribution in [0.4, 0.5) is 0 Å². The Hall–Kier alpha value is -2.43. The lowest BCUT2D eigenvalue weighted by molar-refractivity contribution is 0.428. The molecule has 0 bridgehead atoms. The molecule has 114 valence electrons. The third-order valence-corrected chi connectivity index (χ3v) is 3.91. The molecule has 1 N–H and O–H groups in total. The van der Waals surface area contributed by atoms with Crippen molar-refractivity contribution in [3.63, 3.8) is 0 Å². The maximum absolute atomic E-state index is 10.4. The summed E-state index contributed by atoms with van der Waals surface area (Å²) in [4.78, 5) is 8.39. The van der Waals surface area contributed by atoms with Crippen LogP contribution in [-0.2, 0) is 11.8 Å². The van der Waals surface area contributed by atoms with Crippen molar-refractivity contribution in [3.05, 3.63) is 53.0 Å². The first-order valence-corrected chi connectivity index (χ1v) is 7.34. The molecule has 0 aliphatic carbocycles. The lowest BCUT2D eigenvalue weighted by Crippen LogP contribution is -2.10. The minimum Gasteiger partial charge on any atom is -0.493 e. The van der Waals surface area contributed by atoms with Crippen molar-refractivity contribution in [1.82, 2.24) is 19.6 Å². The number of aromatic nitrogens is 4. The number of benzene rings is 1. The summed E-state index contributed by atoms with van der Waals surface area (Å²) in [7, 11) is 0. The van der Waals surface area contributed by atoms with Gasteiger partial charge < -0.3 is 5.11 Å². The molecule has 5 heteroatoms. The Morgan fingerprint density at radius 1 is 1.14 bits per heavy atom. The van der Waals surface area contributed by atoms with Gasteiger partial charge in [0.05, 0.1) is 5.69 Å². The fourth-order valence-electron chi connectivity index (χ4n) is 2.50. The summed E-state index contributed by atoms with van der Waals surface area (Å²) in [5.41, 5.74) is 4.12. The average Bonchev–Trinajstić information content (AvgIpc) is 2.91. The number of nitrogens with zero attached hydrogens (tertiary/aromatic N) is 4. The molecule has 1 aromatic carbocycles. The van der Waals surface area contributed by atoms with Crippen molar-refractivity contribution >= 4 is 5.78 Å². The van der Waals surface area contributed by atoms with Gasteiger partial charge in [-0.3, -0.25) is 0 Å². The van der Waals surface area contributed by atoms with Crippen LogP contribution in [-0.4, -0.2) is 24.7 Å². The molecule has 0 atom stereocenters. The average molecular weight is 296 g/mol. The van der Waals surface area contributed by atoms with E-state index in [4.69, 9.17) is 0 Å². The van der Waals surface area contributed by atoms with Crippen LogP contribution >= 0.6 is 0 Å². The summed E-state index contributed by atoms with van der Waals surface area (Å²) < 4.78 is 1.37. The monoisotopic (exact) mass is 296 g/mol. The van der Waals surface area contributed by atoms with Crippen LogP contribution in [0.2, 0.25) is 0 Å². The first kappa shape index (κ1) is 14.5. The molecule has 0 saturated heterocycles. The van der Waals surface area contributed by atoms with E-state index in [9.17, 15) is 5.11 Å². The zero-order chi connectivity index (χ0) is 15.9. The summed E-state index contributed by atoms with van der Waals surface area (Å²) >= 11 is 0. The van der Waals surface area contributed by atoms with Crippen LogP contribution in [0.3, 0.4) is 0 Å². The second-order valence-electron chi connectivity index (χ2n) is 6.59. The minimum absolute atomic E-state index is 0.111. The van der Waals surface area contributed by atoms with E-state index >= 15 is 0 Å². The molecule has 0 radical (unpaired) electrons. The van der Waals surface area contributed by atoms with E-state index in [-0.39, 0.29) is 11.3 Å². The van der Waals surface area contributed by atoms with E-state index in [1.807, 2.05) is 6.92 Å². The maximum atomic E-state index is 10.4. The van der Waals surface area contributed by atoms with E-state index in [2.05, 4.69) is 60.1 Å². The van der Waals surface area contributed by atoms with Crippen LogP contribution < -0.4 is 0 Å². The number of aryl methyl sites for hydroxylation is 1. The largest absolute Gasteiger partial charge is 0.493 e. The van der Waals surface area contributed by atoms with Crippen molar-refractivity contribution in [2.24, 2.45) is 0 Å². The molecule has 3 rings (SSSR count). The van der Waals surface area contributed by atoms with Gasteiger partial charge in [0.1, 0.15) is 6.33 Å². The Morgan fingerprint density at radius 3 is 2.45 bits per heavy atom. The number of rotatable bonds is 2. The molecule has 0 fully saturated rings. The predicted octanol–water partition coefficient (Wildman–Crippen LogP) is 3.03. The Kier molecular flexibility index (Phi) is 3.35. The molecule has 22 heavy (non-hydrogen) atoms. The first-order valence-electron chi connectivity index (χ1n) is 7.34. The van der Waals surface area contributed by atoms with E-state index in [1.165, 1.54) is 16.4 Å². The third kappa shape index (κ3) is 2.54. The van der Waals surface area contributed by atoms with Gasteiger partial charge in [-0.05, 0) is 23.5 Å². The molecular formula is C17H20N4O. The topological polar surface area (TPSA) is 63.3 Å².